The maximum atomic E-state index is 7.60. The van der Waals surface area contributed by atoms with Crippen molar-refractivity contribution in [3.63, 3.8) is 0 Å². The molecule has 4 fully saturated rings. The summed E-state index contributed by atoms with van der Waals surface area (Å²) >= 11 is -0.667. The van der Waals surface area contributed by atoms with Gasteiger partial charge in [-0.2, -0.15) is 0 Å². The second kappa shape index (κ2) is 28.7. The summed E-state index contributed by atoms with van der Waals surface area (Å²) in [5.74, 6) is 0.0337. The number of hydrogen-bond acceptors (Lipinski definition) is 10. The molecule has 0 N–H and O–H groups in total. The predicted molar refractivity (Wildman–Crippen MR) is 319 cm³/mol. The number of ether oxygens (including phenoxy) is 9. The van der Waals surface area contributed by atoms with Crippen LogP contribution in [0.5, 0.6) is 0 Å². The molecule has 5 aliphatic heterocycles. The third-order valence-corrected chi connectivity index (χ3v) is 34.9. The number of thioether (sulfide) groups is 1. The first-order chi connectivity index (χ1) is 37.6. The monoisotopic (exact) mass is 1200 g/mol. The van der Waals surface area contributed by atoms with Crippen LogP contribution in [0.4, 0.5) is 0 Å². The molecule has 14 atom stereocenters. The molecule has 8 rings (SSSR count). The molecule has 0 spiro atoms. The molecule has 3 aromatic carbocycles. The van der Waals surface area contributed by atoms with Crippen LogP contribution in [0.2, 0.25) is 17.7 Å². The molecule has 0 aliphatic carbocycles. The first-order valence-corrected chi connectivity index (χ1v) is 39.2. The van der Waals surface area contributed by atoms with Gasteiger partial charge in [-0.25, -0.2) is 0 Å². The third kappa shape index (κ3) is 15.8. The summed E-state index contributed by atoms with van der Waals surface area (Å²) < 4.78 is 69.2. The molecule has 0 amide bonds. The Morgan fingerprint density at radius 3 is 2.05 bits per heavy atom. The molecule has 5 aliphatic rings. The molecule has 78 heavy (non-hydrogen) atoms. The van der Waals surface area contributed by atoms with E-state index >= 15 is 0 Å². The zero-order valence-electron chi connectivity index (χ0n) is 49.2. The van der Waals surface area contributed by atoms with Crippen molar-refractivity contribution in [2.45, 2.75) is 252 Å². The van der Waals surface area contributed by atoms with E-state index in [0.717, 1.165) is 35.3 Å². The average molecular weight is 1200 g/mol. The molecule has 0 bridgehead atoms. The molecule has 0 radical (unpaired) electrons. The van der Waals surface area contributed by atoms with Gasteiger partial charge in [-0.05, 0) is 31.9 Å². The SMILES string of the molecule is C=C[C@@]1(C)O[C@@]2(C)C[C@@H](OCc3ccccc3)[C@](C)(CCOCc3ccccc3)O[C@@H]2C[C@@H]1OC(Sc1ccccc1)[C@H](C)C[C@@H]1O[C@@H]2C[C@@H]3OCC=C(C)[C@H]3O[C@@]2(C)C[C@H]1O/C=C\[CH2][Sn]([CH2]CCC)([CH2]CCC)[CH2]CCC. The molecule has 11 heteroatoms. The quantitative estimate of drug-likeness (QED) is 0.0167. The van der Waals surface area contributed by atoms with Crippen molar-refractivity contribution in [1.82, 2.24) is 0 Å². The predicted octanol–water partition coefficient (Wildman–Crippen LogP) is 16.2. The number of fused-ring (bicyclic) bond motifs is 3. The van der Waals surface area contributed by atoms with Crippen LogP contribution in [0, 0.1) is 5.92 Å². The van der Waals surface area contributed by atoms with Crippen molar-refractivity contribution in [2.24, 2.45) is 5.92 Å². The second-order valence-electron chi connectivity index (χ2n) is 24.7. The van der Waals surface area contributed by atoms with Crippen molar-refractivity contribution in [2.75, 3.05) is 13.2 Å². The standard InChI is InChI=1S/C55H71O9S.3C4H9.Sn/c1-9-28-57-45-34-54(7)46(32-44-50(63-54)38(3)26-29-58-44)60-43(45)31-39(4)51(65-42-24-18-13-19-25-42)61-47-33-48-55(8,64-52(47,5)10-2)35-49(59-37-41-22-16-12-17-23-41)53(6,62-48)27-30-56-36-40-20-14-11-15-21-40;3*1-3-4-2;/h9-26,28,39,43-51H,1-2,27,29-37H2,3-8H3;3*1,3-4H2,2H3;/b28-9-;;;;/t39-,43+,44+,45-,46-,47+,48-,49-,50-,51?,52-,53+,54+,55+;;;;/m1..../s1. The summed E-state index contributed by atoms with van der Waals surface area (Å²) in [6.45, 7) is 26.9. The zero-order valence-corrected chi connectivity index (χ0v) is 52.8. The molecule has 3 aromatic rings. The Balaban J connectivity index is 1.04. The van der Waals surface area contributed by atoms with Crippen LogP contribution >= 0.6 is 11.8 Å². The van der Waals surface area contributed by atoms with Crippen molar-refractivity contribution in [1.29, 1.82) is 0 Å². The number of hydrogen-bond donors (Lipinski definition) is 0. The third-order valence-electron chi connectivity index (χ3n) is 18.3. The van der Waals surface area contributed by atoms with Crippen LogP contribution in [-0.4, -0.2) is 108 Å². The minimum atomic E-state index is -2.44. The van der Waals surface area contributed by atoms with E-state index in [1.54, 1.807) is 11.8 Å². The van der Waals surface area contributed by atoms with Gasteiger partial charge < -0.3 is 18.9 Å². The van der Waals surface area contributed by atoms with Gasteiger partial charge in [0.25, 0.3) is 0 Å². The summed E-state index contributed by atoms with van der Waals surface area (Å²) in [4.78, 5) is 1.15. The molecular weight excluding hydrogens is 1100 g/mol. The van der Waals surface area contributed by atoms with Crippen molar-refractivity contribution in [3.8, 4) is 0 Å². The van der Waals surface area contributed by atoms with Crippen molar-refractivity contribution in [3.05, 3.63) is 139 Å². The normalized spacial score (nSPS) is 32.8. The molecule has 0 saturated carbocycles. The van der Waals surface area contributed by atoms with Crippen molar-refractivity contribution >= 4 is 30.1 Å². The van der Waals surface area contributed by atoms with Crippen LogP contribution in [-0.2, 0) is 55.8 Å². The Morgan fingerprint density at radius 2 is 1.41 bits per heavy atom. The molecule has 5 heterocycles. The summed E-state index contributed by atoms with van der Waals surface area (Å²) in [6.07, 6.45) is 19.2. The van der Waals surface area contributed by atoms with Gasteiger partial charge in [0.05, 0.1) is 36.6 Å². The maximum absolute atomic E-state index is 7.60. The fourth-order valence-electron chi connectivity index (χ4n) is 13.2. The fraction of sp³-hybridized carbons (Fsp3) is 0.642. The van der Waals surface area contributed by atoms with Gasteiger partial charge >= 0.3 is 284 Å². The Labute approximate surface area is 479 Å². The Hall–Kier alpha value is -2.49. The Bertz CT molecular complexity index is 2320. The number of rotatable bonds is 29. The number of unbranched alkanes of at least 4 members (excludes halogenated alkanes) is 3. The topological polar surface area (TPSA) is 83.1 Å². The van der Waals surface area contributed by atoms with Gasteiger partial charge in [0.15, 0.2) is 0 Å². The number of allylic oxidation sites excluding steroid dienone is 1. The summed E-state index contributed by atoms with van der Waals surface area (Å²) in [5.41, 5.74) is 0.570. The van der Waals surface area contributed by atoms with Crippen LogP contribution in [0.1, 0.15) is 150 Å². The van der Waals surface area contributed by atoms with Crippen LogP contribution < -0.4 is 0 Å². The zero-order chi connectivity index (χ0) is 55.2. The van der Waals surface area contributed by atoms with E-state index in [9.17, 15) is 0 Å². The van der Waals surface area contributed by atoms with E-state index in [1.165, 1.54) is 61.8 Å². The summed E-state index contributed by atoms with van der Waals surface area (Å²) in [6, 6.07) is 31.4. The summed E-state index contributed by atoms with van der Waals surface area (Å²) in [7, 11) is 0. The first kappa shape index (κ1) is 61.6. The number of benzene rings is 3. The van der Waals surface area contributed by atoms with Crippen LogP contribution in [0.25, 0.3) is 0 Å². The molecule has 0 aromatic heterocycles. The van der Waals surface area contributed by atoms with E-state index in [1.807, 2.05) is 18.2 Å². The van der Waals surface area contributed by atoms with E-state index < -0.39 is 40.8 Å². The van der Waals surface area contributed by atoms with Crippen LogP contribution in [0.3, 0.4) is 0 Å². The van der Waals surface area contributed by atoms with E-state index in [-0.39, 0.29) is 60.2 Å². The summed E-state index contributed by atoms with van der Waals surface area (Å²) in [5, 5.41) is 0. The fourth-order valence-corrected chi connectivity index (χ4v) is 29.3. The molecule has 4 saturated heterocycles. The molecular formula is C67H98O9SSn. The van der Waals surface area contributed by atoms with Gasteiger partial charge in [0.1, 0.15) is 0 Å². The van der Waals surface area contributed by atoms with E-state index in [0.29, 0.717) is 45.7 Å². The van der Waals surface area contributed by atoms with Gasteiger partial charge in [-0.3, -0.25) is 0 Å². The average Bonchev–Trinajstić information content (AvgIpc) is 3.57. The molecule has 1 unspecified atom stereocenters. The Morgan fingerprint density at radius 1 is 0.769 bits per heavy atom. The minimum absolute atomic E-state index is 0.0337. The molecule has 430 valence electrons. The van der Waals surface area contributed by atoms with E-state index in [4.69, 9.17) is 42.6 Å². The Kier molecular flexibility index (Phi) is 22.6. The van der Waals surface area contributed by atoms with Crippen LogP contribution in [0.15, 0.2) is 133 Å². The van der Waals surface area contributed by atoms with Gasteiger partial charge in [-0.1, -0.05) is 84.9 Å². The second-order valence-corrected chi connectivity index (χ2v) is 39.9. The van der Waals surface area contributed by atoms with Gasteiger partial charge in [0.2, 0.25) is 0 Å². The van der Waals surface area contributed by atoms with Gasteiger partial charge in [0, 0.05) is 19.4 Å². The van der Waals surface area contributed by atoms with E-state index in [2.05, 4.69) is 166 Å². The van der Waals surface area contributed by atoms with Gasteiger partial charge in [-0.15, -0.1) is 6.58 Å². The first-order valence-electron chi connectivity index (χ1n) is 30.2. The van der Waals surface area contributed by atoms with Crippen molar-refractivity contribution < 1.29 is 42.6 Å². The molecule has 9 nitrogen and oxygen atoms in total.